The van der Waals surface area contributed by atoms with E-state index < -0.39 is 17.6 Å². The molecule has 1 aromatic carbocycles. The third-order valence-electron chi connectivity index (χ3n) is 3.13. The molecule has 1 aromatic rings. The van der Waals surface area contributed by atoms with Crippen molar-refractivity contribution in [2.45, 2.75) is 15.8 Å². The third kappa shape index (κ3) is 4.38. The summed E-state index contributed by atoms with van der Waals surface area (Å²) in [7, 11) is 4.00. The molecule has 0 fully saturated rings. The van der Waals surface area contributed by atoms with Crippen molar-refractivity contribution >= 4 is 33.5 Å². The predicted octanol–water partition coefficient (Wildman–Crippen LogP) is 1.78. The van der Waals surface area contributed by atoms with E-state index in [9.17, 15) is 9.59 Å². The molecule has 1 unspecified atom stereocenters. The van der Waals surface area contributed by atoms with Gasteiger partial charge in [-0.15, -0.1) is 0 Å². The van der Waals surface area contributed by atoms with Crippen molar-refractivity contribution in [1.82, 2.24) is 0 Å². The third-order valence-corrected chi connectivity index (χ3v) is 5.91. The van der Waals surface area contributed by atoms with E-state index in [1.807, 2.05) is 0 Å². The topological polar surface area (TPSA) is 116 Å². The first-order valence-corrected chi connectivity index (χ1v) is 8.78. The minimum atomic E-state index is -1.11. The molecule has 1 aliphatic carbocycles. The van der Waals surface area contributed by atoms with Crippen LogP contribution in [-0.4, -0.2) is 35.1 Å². The number of carboxylic acid groups (broad SMARTS) is 1. The quantitative estimate of drug-likeness (QED) is 0.417. The number of carbonyl (C=O) groups is 2. The first kappa shape index (κ1) is 17.6. The van der Waals surface area contributed by atoms with Gasteiger partial charge in [0.2, 0.25) is 0 Å². The second-order valence-corrected chi connectivity index (χ2v) is 7.30. The number of nitrogens with two attached hydrogens (primary N) is 2. The Hall–Kier alpha value is -1.74. The fourth-order valence-electron chi connectivity index (χ4n) is 1.85. The van der Waals surface area contributed by atoms with E-state index in [1.54, 1.807) is 36.4 Å². The summed E-state index contributed by atoms with van der Waals surface area (Å²) in [5.41, 5.74) is 11.5. The minimum Gasteiger partial charge on any atom is -0.478 e. The van der Waals surface area contributed by atoms with Crippen LogP contribution >= 0.6 is 21.6 Å². The number of aromatic carboxylic acids is 1. The lowest BCUT2D eigenvalue weighted by atomic mass is 9.98. The highest BCUT2D eigenvalue weighted by molar-refractivity contribution is 8.77. The molecule has 1 atom stereocenters. The zero-order valence-corrected chi connectivity index (χ0v) is 13.9. The van der Waals surface area contributed by atoms with E-state index >= 15 is 0 Å². The van der Waals surface area contributed by atoms with E-state index in [-0.39, 0.29) is 10.8 Å². The largest absolute Gasteiger partial charge is 0.478 e. The minimum absolute atomic E-state index is 0.205. The maximum atomic E-state index is 11.6. The van der Waals surface area contributed by atoms with E-state index in [0.717, 1.165) is 4.90 Å². The van der Waals surface area contributed by atoms with E-state index in [4.69, 9.17) is 16.6 Å². The summed E-state index contributed by atoms with van der Waals surface area (Å²) in [6.45, 7) is 0. The van der Waals surface area contributed by atoms with Crippen LogP contribution in [0.2, 0.25) is 0 Å². The van der Waals surface area contributed by atoms with Crippen LogP contribution in [0.3, 0.4) is 0 Å². The molecule has 122 valence electrons. The molecule has 8 heteroatoms. The number of esters is 1. The van der Waals surface area contributed by atoms with Crippen LogP contribution in [0, 0.1) is 0 Å². The van der Waals surface area contributed by atoms with Crippen molar-refractivity contribution in [3.8, 4) is 0 Å². The zero-order chi connectivity index (χ0) is 17.0. The van der Waals surface area contributed by atoms with Crippen molar-refractivity contribution < 1.29 is 19.4 Å². The van der Waals surface area contributed by atoms with Crippen LogP contribution in [0.5, 0.6) is 0 Å². The van der Waals surface area contributed by atoms with Gasteiger partial charge in [0, 0.05) is 4.90 Å². The second-order valence-electron chi connectivity index (χ2n) is 4.88. The maximum absolute atomic E-state index is 11.6. The Kier molecular flexibility index (Phi) is 5.53. The Morgan fingerprint density at radius 1 is 1.35 bits per heavy atom. The molecule has 0 aliphatic heterocycles. The molecule has 0 saturated carbocycles. The van der Waals surface area contributed by atoms with Crippen molar-refractivity contribution in [3.63, 3.8) is 0 Å². The van der Waals surface area contributed by atoms with Crippen LogP contribution in [-0.2, 0) is 9.53 Å². The summed E-state index contributed by atoms with van der Waals surface area (Å²) >= 11 is 0. The van der Waals surface area contributed by atoms with Gasteiger partial charge in [0.1, 0.15) is 0 Å². The highest BCUT2D eigenvalue weighted by atomic mass is 33.1. The van der Waals surface area contributed by atoms with Crippen LogP contribution in [0.25, 0.3) is 0 Å². The monoisotopic (exact) mass is 352 g/mol. The van der Waals surface area contributed by atoms with Gasteiger partial charge in [-0.25, -0.2) is 9.59 Å². The second kappa shape index (κ2) is 7.22. The van der Waals surface area contributed by atoms with Crippen LogP contribution in [0.4, 0.5) is 0 Å². The Morgan fingerprint density at radius 3 is 2.74 bits per heavy atom. The standard InChI is InChI=1S/C15H16N2O4S2/c1-21-14(20)10-5-6-15(16,17)12(8-10)23-22-11-4-2-3-9(7-11)13(18)19/h2-8,12H,16-17H2,1H3,(H,18,19). The van der Waals surface area contributed by atoms with Crippen molar-refractivity contribution in [1.29, 1.82) is 0 Å². The average Bonchev–Trinajstić information content (AvgIpc) is 2.53. The van der Waals surface area contributed by atoms with E-state index in [2.05, 4.69) is 4.74 Å². The lowest BCUT2D eigenvalue weighted by Gasteiger charge is -2.31. The molecule has 0 bridgehead atoms. The predicted molar refractivity (Wildman–Crippen MR) is 91.0 cm³/mol. The van der Waals surface area contributed by atoms with Gasteiger partial charge in [0.15, 0.2) is 0 Å². The summed E-state index contributed by atoms with van der Waals surface area (Å²) in [6, 6.07) is 6.55. The van der Waals surface area contributed by atoms with Crippen molar-refractivity contribution in [2.75, 3.05) is 7.11 Å². The van der Waals surface area contributed by atoms with Crippen LogP contribution in [0.15, 0.2) is 53.0 Å². The molecule has 0 amide bonds. The van der Waals surface area contributed by atoms with Crippen molar-refractivity contribution in [3.05, 3.63) is 53.6 Å². The van der Waals surface area contributed by atoms with Gasteiger partial charge >= 0.3 is 11.9 Å². The Balaban J connectivity index is 2.13. The lowest BCUT2D eigenvalue weighted by molar-refractivity contribution is -0.135. The molecule has 0 saturated heterocycles. The summed E-state index contributed by atoms with van der Waals surface area (Å²) in [6.07, 6.45) is 4.76. The SMILES string of the molecule is COC(=O)C1=CC(SSc2cccc(C(=O)O)c2)C(N)(N)C=C1. The first-order chi connectivity index (χ1) is 10.8. The summed E-state index contributed by atoms with van der Waals surface area (Å²) in [5.74, 6) is -1.45. The van der Waals surface area contributed by atoms with Gasteiger partial charge in [0.25, 0.3) is 0 Å². The number of ether oxygens (including phenoxy) is 1. The molecule has 5 N–H and O–H groups in total. The number of benzene rings is 1. The number of methoxy groups -OCH3 is 1. The highest BCUT2D eigenvalue weighted by Gasteiger charge is 2.32. The van der Waals surface area contributed by atoms with Gasteiger partial charge in [0.05, 0.1) is 29.2 Å². The maximum Gasteiger partial charge on any atom is 0.337 e. The zero-order valence-electron chi connectivity index (χ0n) is 12.3. The summed E-state index contributed by atoms with van der Waals surface area (Å²) < 4.78 is 4.69. The Labute approximate surface area is 141 Å². The smallest absolute Gasteiger partial charge is 0.337 e. The average molecular weight is 352 g/mol. The molecular weight excluding hydrogens is 336 g/mol. The van der Waals surface area contributed by atoms with E-state index in [0.29, 0.717) is 5.57 Å². The van der Waals surface area contributed by atoms with Crippen LogP contribution in [0.1, 0.15) is 10.4 Å². The number of rotatable bonds is 5. The normalized spacial score (nSPS) is 19.1. The van der Waals surface area contributed by atoms with Crippen LogP contribution < -0.4 is 11.5 Å². The molecule has 2 rings (SSSR count). The van der Waals surface area contributed by atoms with Gasteiger partial charge in [-0.3, -0.25) is 0 Å². The summed E-state index contributed by atoms with van der Waals surface area (Å²) in [4.78, 5) is 23.4. The summed E-state index contributed by atoms with van der Waals surface area (Å²) in [5, 5.41) is 8.63. The number of carbonyl (C=O) groups excluding carboxylic acids is 1. The molecular formula is C15H16N2O4S2. The van der Waals surface area contributed by atoms with Gasteiger partial charge in [-0.1, -0.05) is 33.7 Å². The van der Waals surface area contributed by atoms with Gasteiger partial charge in [-0.2, -0.15) is 0 Å². The molecule has 0 spiro atoms. The fourth-order valence-corrected chi connectivity index (χ4v) is 4.44. The number of hydrogen-bond acceptors (Lipinski definition) is 7. The highest BCUT2D eigenvalue weighted by Crippen LogP contribution is 2.39. The molecule has 6 nitrogen and oxygen atoms in total. The molecule has 0 aromatic heterocycles. The number of carboxylic acids is 1. The molecule has 0 heterocycles. The molecule has 1 aliphatic rings. The fraction of sp³-hybridized carbons (Fsp3) is 0.200. The lowest BCUT2D eigenvalue weighted by Crippen LogP contribution is -2.56. The van der Waals surface area contributed by atoms with E-state index in [1.165, 1.54) is 34.8 Å². The van der Waals surface area contributed by atoms with Crippen molar-refractivity contribution in [2.24, 2.45) is 11.5 Å². The Bertz CT molecular complexity index is 686. The number of hydrogen-bond donors (Lipinski definition) is 3. The van der Waals surface area contributed by atoms with Gasteiger partial charge < -0.3 is 21.3 Å². The van der Waals surface area contributed by atoms with Gasteiger partial charge in [-0.05, 0) is 30.4 Å². The molecule has 0 radical (unpaired) electrons. The Morgan fingerprint density at radius 2 is 2.09 bits per heavy atom. The first-order valence-electron chi connectivity index (χ1n) is 6.57. The molecule has 23 heavy (non-hydrogen) atoms.